The molecule has 1 aliphatic rings. The summed E-state index contributed by atoms with van der Waals surface area (Å²) >= 11 is 0. The zero-order valence-electron chi connectivity index (χ0n) is 17.0. The Kier molecular flexibility index (Phi) is 5.92. The third kappa shape index (κ3) is 3.71. The number of methoxy groups -OCH3 is 2. The van der Waals surface area contributed by atoms with Gasteiger partial charge in [-0.05, 0) is 60.7 Å². The van der Waals surface area contributed by atoms with E-state index in [1.807, 2.05) is 26.1 Å². The van der Waals surface area contributed by atoms with Gasteiger partial charge in [-0.25, -0.2) is 4.39 Å². The van der Waals surface area contributed by atoms with E-state index in [-0.39, 0.29) is 11.7 Å². The van der Waals surface area contributed by atoms with E-state index in [0.717, 1.165) is 42.4 Å². The molecule has 0 saturated heterocycles. The zero-order valence-corrected chi connectivity index (χ0v) is 17.0. The van der Waals surface area contributed by atoms with Gasteiger partial charge in [-0.15, -0.1) is 0 Å². The maximum Gasteiger partial charge on any atom is 0.233 e. The van der Waals surface area contributed by atoms with Crippen molar-refractivity contribution in [3.8, 4) is 11.5 Å². The predicted octanol–water partition coefficient (Wildman–Crippen LogP) is 4.62. The van der Waals surface area contributed by atoms with E-state index in [9.17, 15) is 9.18 Å². The van der Waals surface area contributed by atoms with Crippen molar-refractivity contribution in [2.24, 2.45) is 0 Å². The largest absolute Gasteiger partial charge is 0.493 e. The lowest BCUT2D eigenvalue weighted by atomic mass is 9.77. The number of nitrogens with zero attached hydrogens (tertiary/aromatic N) is 1. The van der Waals surface area contributed by atoms with E-state index < -0.39 is 5.41 Å². The topological polar surface area (TPSA) is 38.8 Å². The summed E-state index contributed by atoms with van der Waals surface area (Å²) < 4.78 is 24.2. The van der Waals surface area contributed by atoms with Gasteiger partial charge in [0.15, 0.2) is 11.5 Å². The summed E-state index contributed by atoms with van der Waals surface area (Å²) in [6, 6.07) is 10.3. The third-order valence-corrected chi connectivity index (χ3v) is 5.86. The first-order valence-corrected chi connectivity index (χ1v) is 9.64. The van der Waals surface area contributed by atoms with Gasteiger partial charge in [0, 0.05) is 13.6 Å². The second-order valence-corrected chi connectivity index (χ2v) is 7.59. The Bertz CT molecular complexity index is 842. The highest BCUT2D eigenvalue weighted by atomic mass is 19.1. The molecule has 1 saturated carbocycles. The zero-order chi connectivity index (χ0) is 20.3. The summed E-state index contributed by atoms with van der Waals surface area (Å²) in [4.78, 5) is 15.3. The van der Waals surface area contributed by atoms with Crippen LogP contribution in [-0.4, -0.2) is 32.1 Å². The van der Waals surface area contributed by atoms with Crippen LogP contribution in [0.5, 0.6) is 11.5 Å². The molecule has 0 radical (unpaired) electrons. The second-order valence-electron chi connectivity index (χ2n) is 7.59. The van der Waals surface area contributed by atoms with Crippen LogP contribution in [0, 0.1) is 12.7 Å². The lowest BCUT2D eigenvalue weighted by molar-refractivity contribution is -0.136. The molecule has 0 N–H and O–H groups in total. The molecule has 28 heavy (non-hydrogen) atoms. The molecular formula is C23H28FNO3. The maximum absolute atomic E-state index is 13.5. The van der Waals surface area contributed by atoms with E-state index in [2.05, 4.69) is 0 Å². The number of halogens is 1. The smallest absolute Gasteiger partial charge is 0.233 e. The molecule has 0 aromatic heterocycles. The molecule has 150 valence electrons. The van der Waals surface area contributed by atoms with Gasteiger partial charge < -0.3 is 14.4 Å². The Morgan fingerprint density at radius 3 is 2.21 bits per heavy atom. The first kappa shape index (κ1) is 20.2. The van der Waals surface area contributed by atoms with Gasteiger partial charge in [0.2, 0.25) is 5.91 Å². The van der Waals surface area contributed by atoms with E-state index in [0.29, 0.717) is 18.0 Å². The van der Waals surface area contributed by atoms with Crippen LogP contribution >= 0.6 is 0 Å². The van der Waals surface area contributed by atoms with Crippen LogP contribution in [0.1, 0.15) is 42.4 Å². The van der Waals surface area contributed by atoms with Crippen LogP contribution in [0.2, 0.25) is 0 Å². The first-order chi connectivity index (χ1) is 13.4. The maximum atomic E-state index is 13.5. The monoisotopic (exact) mass is 385 g/mol. The van der Waals surface area contributed by atoms with E-state index in [1.54, 1.807) is 31.3 Å². The summed E-state index contributed by atoms with van der Waals surface area (Å²) in [6.45, 7) is 2.48. The van der Waals surface area contributed by atoms with Crippen LogP contribution in [0.25, 0.3) is 0 Å². The SMILES string of the molecule is COc1cc(C)c(CN(C)C(=O)C2(c3ccc(F)cc3)CCCC2)cc1OC. The lowest BCUT2D eigenvalue weighted by Gasteiger charge is -2.33. The average molecular weight is 385 g/mol. The fraction of sp³-hybridized carbons (Fsp3) is 0.435. The normalized spacial score (nSPS) is 15.3. The number of carbonyl (C=O) groups excluding carboxylic acids is 1. The Hall–Kier alpha value is -2.56. The highest BCUT2D eigenvalue weighted by Crippen LogP contribution is 2.43. The van der Waals surface area contributed by atoms with Gasteiger partial charge in [0.25, 0.3) is 0 Å². The Balaban J connectivity index is 1.88. The molecule has 0 aliphatic heterocycles. The molecule has 0 unspecified atom stereocenters. The number of likely N-dealkylation sites (N-methyl/N-ethyl adjacent to an activating group) is 1. The van der Waals surface area contributed by atoms with Crippen LogP contribution in [0.15, 0.2) is 36.4 Å². The summed E-state index contributed by atoms with van der Waals surface area (Å²) in [5.74, 6) is 1.14. The van der Waals surface area contributed by atoms with E-state index in [4.69, 9.17) is 9.47 Å². The number of benzene rings is 2. The molecule has 0 heterocycles. The number of hydrogen-bond acceptors (Lipinski definition) is 3. The number of aryl methyl sites for hydroxylation is 1. The molecule has 0 atom stereocenters. The number of rotatable bonds is 6. The van der Waals surface area contributed by atoms with Gasteiger partial charge in [-0.3, -0.25) is 4.79 Å². The highest BCUT2D eigenvalue weighted by Gasteiger charge is 2.44. The summed E-state index contributed by atoms with van der Waals surface area (Å²) in [6.07, 6.45) is 3.61. The van der Waals surface area contributed by atoms with Crippen LogP contribution in [0.4, 0.5) is 4.39 Å². The molecular weight excluding hydrogens is 357 g/mol. The van der Waals surface area contributed by atoms with Crippen molar-refractivity contribution in [1.82, 2.24) is 4.90 Å². The molecule has 0 spiro atoms. The molecule has 3 rings (SSSR count). The minimum atomic E-state index is -0.563. The van der Waals surface area contributed by atoms with Gasteiger partial charge in [0.05, 0.1) is 19.6 Å². The molecule has 0 bridgehead atoms. The van der Waals surface area contributed by atoms with Crippen molar-refractivity contribution in [3.05, 3.63) is 58.9 Å². The average Bonchev–Trinajstić information content (AvgIpc) is 3.20. The van der Waals surface area contributed by atoms with Gasteiger partial charge in [-0.2, -0.15) is 0 Å². The van der Waals surface area contributed by atoms with Crippen LogP contribution < -0.4 is 9.47 Å². The Labute approximate surface area is 166 Å². The van der Waals surface area contributed by atoms with Crippen molar-refractivity contribution in [2.75, 3.05) is 21.3 Å². The molecule has 1 aliphatic carbocycles. The number of amides is 1. The highest BCUT2D eigenvalue weighted by molar-refractivity contribution is 5.88. The molecule has 4 nitrogen and oxygen atoms in total. The first-order valence-electron chi connectivity index (χ1n) is 9.64. The molecule has 2 aromatic carbocycles. The Morgan fingerprint density at radius 1 is 1.07 bits per heavy atom. The summed E-state index contributed by atoms with van der Waals surface area (Å²) in [5, 5.41) is 0. The summed E-state index contributed by atoms with van der Waals surface area (Å²) in [7, 11) is 5.05. The fourth-order valence-corrected chi connectivity index (χ4v) is 4.26. The molecule has 1 fully saturated rings. The van der Waals surface area contributed by atoms with Crippen molar-refractivity contribution in [2.45, 2.75) is 44.6 Å². The summed E-state index contributed by atoms with van der Waals surface area (Å²) in [5.41, 5.74) is 2.40. The van der Waals surface area contributed by atoms with Crippen molar-refractivity contribution < 1.29 is 18.7 Å². The second kappa shape index (κ2) is 8.21. The van der Waals surface area contributed by atoms with Crippen LogP contribution in [-0.2, 0) is 16.8 Å². The van der Waals surface area contributed by atoms with Crippen molar-refractivity contribution >= 4 is 5.91 Å². The third-order valence-electron chi connectivity index (χ3n) is 5.86. The van der Waals surface area contributed by atoms with E-state index >= 15 is 0 Å². The lowest BCUT2D eigenvalue weighted by Crippen LogP contribution is -2.43. The molecule has 1 amide bonds. The fourth-order valence-electron chi connectivity index (χ4n) is 4.26. The van der Waals surface area contributed by atoms with Gasteiger partial charge >= 0.3 is 0 Å². The number of ether oxygens (including phenoxy) is 2. The standard InChI is InChI=1S/C23H28FNO3/c1-16-13-20(27-3)21(28-4)14-17(16)15-25(2)22(26)23(11-5-6-12-23)18-7-9-19(24)10-8-18/h7-10,13-14H,5-6,11-12,15H2,1-4H3. The minimum absolute atomic E-state index is 0.0887. The van der Waals surface area contributed by atoms with Gasteiger partial charge in [0.1, 0.15) is 5.82 Å². The van der Waals surface area contributed by atoms with Crippen LogP contribution in [0.3, 0.4) is 0 Å². The van der Waals surface area contributed by atoms with Crippen molar-refractivity contribution in [3.63, 3.8) is 0 Å². The van der Waals surface area contributed by atoms with E-state index in [1.165, 1.54) is 12.1 Å². The quantitative estimate of drug-likeness (QED) is 0.728. The predicted molar refractivity (Wildman–Crippen MR) is 107 cm³/mol. The molecule has 2 aromatic rings. The molecule has 5 heteroatoms. The minimum Gasteiger partial charge on any atom is -0.493 e. The number of carbonyl (C=O) groups is 1. The Morgan fingerprint density at radius 2 is 1.64 bits per heavy atom. The van der Waals surface area contributed by atoms with Crippen molar-refractivity contribution in [1.29, 1.82) is 0 Å². The van der Waals surface area contributed by atoms with Gasteiger partial charge in [-0.1, -0.05) is 25.0 Å². The number of hydrogen-bond donors (Lipinski definition) is 0.